The number of pyridine rings is 1. The van der Waals surface area contributed by atoms with Gasteiger partial charge in [0.15, 0.2) is 0 Å². The molecule has 0 spiro atoms. The Kier molecular flexibility index (Phi) is 5.04. The summed E-state index contributed by atoms with van der Waals surface area (Å²) in [6.07, 6.45) is 2.57. The van der Waals surface area contributed by atoms with Gasteiger partial charge in [-0.05, 0) is 38.0 Å². The SMILES string of the molecule is Cc1cc(N2CCCC2)c2ccc(OCCN3CCOCC3)cc2n1. The van der Waals surface area contributed by atoms with Gasteiger partial charge in [-0.25, -0.2) is 0 Å². The van der Waals surface area contributed by atoms with Crippen molar-refractivity contribution in [1.29, 1.82) is 0 Å². The van der Waals surface area contributed by atoms with E-state index in [4.69, 9.17) is 14.5 Å². The minimum Gasteiger partial charge on any atom is -0.492 e. The standard InChI is InChI=1S/C20H27N3O2/c1-16-14-20(23-6-2-3-7-23)18-5-4-17(15-19(18)21-16)25-13-10-22-8-11-24-12-9-22/h4-5,14-15H,2-3,6-13H2,1H3. The van der Waals surface area contributed by atoms with E-state index in [0.29, 0.717) is 6.61 Å². The number of hydrogen-bond donors (Lipinski definition) is 0. The first-order valence-electron chi connectivity index (χ1n) is 9.39. The molecule has 1 aromatic heterocycles. The zero-order valence-corrected chi connectivity index (χ0v) is 15.0. The Bertz CT molecular complexity index is 722. The summed E-state index contributed by atoms with van der Waals surface area (Å²) in [7, 11) is 0. The third-order valence-electron chi connectivity index (χ3n) is 5.11. The predicted molar refractivity (Wildman–Crippen MR) is 101 cm³/mol. The Morgan fingerprint density at radius 3 is 2.68 bits per heavy atom. The van der Waals surface area contributed by atoms with E-state index in [1.54, 1.807) is 0 Å². The van der Waals surface area contributed by atoms with Gasteiger partial charge in [0.1, 0.15) is 12.4 Å². The van der Waals surface area contributed by atoms with Gasteiger partial charge in [0.05, 0.1) is 18.7 Å². The number of aryl methyl sites for hydroxylation is 1. The first-order valence-corrected chi connectivity index (χ1v) is 9.39. The van der Waals surface area contributed by atoms with Crippen LogP contribution in [0.2, 0.25) is 0 Å². The van der Waals surface area contributed by atoms with E-state index in [1.807, 2.05) is 0 Å². The van der Waals surface area contributed by atoms with Gasteiger partial charge in [-0.1, -0.05) is 0 Å². The first kappa shape index (κ1) is 16.6. The van der Waals surface area contributed by atoms with Gasteiger partial charge >= 0.3 is 0 Å². The summed E-state index contributed by atoms with van der Waals surface area (Å²) in [6.45, 7) is 9.69. The van der Waals surface area contributed by atoms with Gasteiger partial charge in [0.25, 0.3) is 0 Å². The Morgan fingerprint density at radius 1 is 1.08 bits per heavy atom. The number of fused-ring (bicyclic) bond motifs is 1. The molecule has 2 saturated heterocycles. The van der Waals surface area contributed by atoms with Crippen molar-refractivity contribution in [2.75, 3.05) is 57.4 Å². The van der Waals surface area contributed by atoms with Crippen LogP contribution in [-0.4, -0.2) is 62.4 Å². The van der Waals surface area contributed by atoms with Crippen LogP contribution in [0.25, 0.3) is 10.9 Å². The molecule has 0 saturated carbocycles. The lowest BCUT2D eigenvalue weighted by molar-refractivity contribution is 0.0322. The molecule has 0 amide bonds. The molecule has 2 fully saturated rings. The molecule has 3 heterocycles. The second-order valence-corrected chi connectivity index (χ2v) is 6.96. The number of aromatic nitrogens is 1. The zero-order valence-electron chi connectivity index (χ0n) is 15.0. The van der Waals surface area contributed by atoms with Crippen molar-refractivity contribution in [1.82, 2.24) is 9.88 Å². The highest BCUT2D eigenvalue weighted by Crippen LogP contribution is 2.31. The maximum absolute atomic E-state index is 5.99. The Morgan fingerprint density at radius 2 is 1.88 bits per heavy atom. The van der Waals surface area contributed by atoms with E-state index in [0.717, 1.165) is 62.9 Å². The number of hydrogen-bond acceptors (Lipinski definition) is 5. The van der Waals surface area contributed by atoms with Gasteiger partial charge in [0, 0.05) is 55.6 Å². The summed E-state index contributed by atoms with van der Waals surface area (Å²) in [6, 6.07) is 8.55. The van der Waals surface area contributed by atoms with Crippen molar-refractivity contribution in [3.8, 4) is 5.75 Å². The molecular formula is C20H27N3O2. The summed E-state index contributed by atoms with van der Waals surface area (Å²) in [5.41, 5.74) is 3.42. The average Bonchev–Trinajstić information content (AvgIpc) is 3.16. The van der Waals surface area contributed by atoms with E-state index >= 15 is 0 Å². The monoisotopic (exact) mass is 341 g/mol. The Labute approximate surface area is 149 Å². The highest BCUT2D eigenvalue weighted by atomic mass is 16.5. The van der Waals surface area contributed by atoms with Crippen LogP contribution in [-0.2, 0) is 4.74 Å². The highest BCUT2D eigenvalue weighted by Gasteiger charge is 2.16. The Hall–Kier alpha value is -1.85. The third kappa shape index (κ3) is 3.88. The van der Waals surface area contributed by atoms with Crippen molar-refractivity contribution in [2.24, 2.45) is 0 Å². The number of ether oxygens (including phenoxy) is 2. The molecule has 5 nitrogen and oxygen atoms in total. The van der Waals surface area contributed by atoms with Crippen LogP contribution < -0.4 is 9.64 Å². The van der Waals surface area contributed by atoms with Crippen LogP contribution in [0.3, 0.4) is 0 Å². The number of morpholine rings is 1. The molecule has 1 aromatic carbocycles. The van der Waals surface area contributed by atoms with Crippen LogP contribution in [0, 0.1) is 6.92 Å². The summed E-state index contributed by atoms with van der Waals surface area (Å²) in [5.74, 6) is 0.909. The normalized spacial score (nSPS) is 18.8. The summed E-state index contributed by atoms with van der Waals surface area (Å²) >= 11 is 0. The van der Waals surface area contributed by atoms with Crippen LogP contribution in [0.1, 0.15) is 18.5 Å². The number of nitrogens with zero attached hydrogens (tertiary/aromatic N) is 3. The zero-order chi connectivity index (χ0) is 17.1. The molecule has 0 unspecified atom stereocenters. The third-order valence-corrected chi connectivity index (χ3v) is 5.11. The first-order chi connectivity index (χ1) is 12.3. The summed E-state index contributed by atoms with van der Waals surface area (Å²) < 4.78 is 11.4. The molecule has 2 aromatic rings. The molecule has 0 aliphatic carbocycles. The van der Waals surface area contributed by atoms with E-state index in [9.17, 15) is 0 Å². The molecule has 0 N–H and O–H groups in total. The number of rotatable bonds is 5. The highest BCUT2D eigenvalue weighted by molar-refractivity contribution is 5.93. The van der Waals surface area contributed by atoms with Crippen LogP contribution >= 0.6 is 0 Å². The van der Waals surface area contributed by atoms with Crippen molar-refractivity contribution in [3.05, 3.63) is 30.0 Å². The fourth-order valence-corrected chi connectivity index (χ4v) is 3.75. The largest absolute Gasteiger partial charge is 0.492 e. The molecule has 0 atom stereocenters. The van der Waals surface area contributed by atoms with Gasteiger partial charge in [-0.3, -0.25) is 9.88 Å². The van der Waals surface area contributed by atoms with Crippen LogP contribution in [0.4, 0.5) is 5.69 Å². The quantitative estimate of drug-likeness (QED) is 0.836. The summed E-state index contributed by atoms with van der Waals surface area (Å²) in [5, 5.41) is 1.23. The van der Waals surface area contributed by atoms with E-state index in [-0.39, 0.29) is 0 Å². The molecule has 2 aliphatic heterocycles. The molecule has 0 radical (unpaired) electrons. The van der Waals surface area contributed by atoms with Crippen LogP contribution in [0.15, 0.2) is 24.3 Å². The second-order valence-electron chi connectivity index (χ2n) is 6.96. The average molecular weight is 341 g/mol. The fourth-order valence-electron chi connectivity index (χ4n) is 3.75. The number of anilines is 1. The van der Waals surface area contributed by atoms with Gasteiger partial charge in [-0.15, -0.1) is 0 Å². The summed E-state index contributed by atoms with van der Waals surface area (Å²) in [4.78, 5) is 9.60. The molecule has 5 heteroatoms. The smallest absolute Gasteiger partial charge is 0.121 e. The van der Waals surface area contributed by atoms with E-state index < -0.39 is 0 Å². The lowest BCUT2D eigenvalue weighted by Gasteiger charge is -2.26. The van der Waals surface area contributed by atoms with Gasteiger partial charge in [0.2, 0.25) is 0 Å². The van der Waals surface area contributed by atoms with Gasteiger partial charge in [-0.2, -0.15) is 0 Å². The van der Waals surface area contributed by atoms with Crippen molar-refractivity contribution >= 4 is 16.6 Å². The van der Waals surface area contributed by atoms with Crippen molar-refractivity contribution in [2.45, 2.75) is 19.8 Å². The lowest BCUT2D eigenvalue weighted by atomic mass is 10.1. The predicted octanol–water partition coefficient (Wildman–Crippen LogP) is 2.85. The molecule has 2 aliphatic rings. The molecule has 134 valence electrons. The Balaban J connectivity index is 1.47. The maximum atomic E-state index is 5.99. The fraction of sp³-hybridized carbons (Fsp3) is 0.550. The minimum atomic E-state index is 0.705. The van der Waals surface area contributed by atoms with E-state index in [1.165, 1.54) is 23.9 Å². The second kappa shape index (κ2) is 7.58. The van der Waals surface area contributed by atoms with Crippen molar-refractivity contribution in [3.63, 3.8) is 0 Å². The molecular weight excluding hydrogens is 314 g/mol. The minimum absolute atomic E-state index is 0.705. The van der Waals surface area contributed by atoms with Gasteiger partial charge < -0.3 is 14.4 Å². The lowest BCUT2D eigenvalue weighted by Crippen LogP contribution is -2.38. The van der Waals surface area contributed by atoms with Crippen molar-refractivity contribution < 1.29 is 9.47 Å². The topological polar surface area (TPSA) is 37.8 Å². The molecule has 25 heavy (non-hydrogen) atoms. The molecule has 4 rings (SSSR count). The van der Waals surface area contributed by atoms with E-state index in [2.05, 4.69) is 41.0 Å². The van der Waals surface area contributed by atoms with Crippen LogP contribution in [0.5, 0.6) is 5.75 Å². The molecule has 0 bridgehead atoms. The maximum Gasteiger partial charge on any atom is 0.121 e. The number of benzene rings is 1.